The molecule has 1 aliphatic heterocycles. The lowest BCUT2D eigenvalue weighted by Gasteiger charge is -2.14. The van der Waals surface area contributed by atoms with Crippen LogP contribution < -0.4 is 11.3 Å². The monoisotopic (exact) mass is 229 g/mol. The molecule has 0 aromatic carbocycles. The molecule has 1 unspecified atom stereocenters. The van der Waals surface area contributed by atoms with Gasteiger partial charge in [0, 0.05) is 19.6 Å². The predicted octanol–water partition coefficient (Wildman–Crippen LogP) is -0.149. The number of carbonyl (C=O) groups is 1. The molecule has 0 saturated carbocycles. The van der Waals surface area contributed by atoms with Gasteiger partial charge in [-0.3, -0.25) is 10.2 Å². The average Bonchev–Trinajstić information content (AvgIpc) is 2.76. The molecule has 5 heteroatoms. The third kappa shape index (κ3) is 4.92. The number of nitrogens with one attached hydrogen (secondary N) is 1. The van der Waals surface area contributed by atoms with Gasteiger partial charge in [0.15, 0.2) is 0 Å². The zero-order valence-electron chi connectivity index (χ0n) is 9.82. The Morgan fingerprint density at radius 1 is 1.44 bits per heavy atom. The Labute approximate surface area is 97.0 Å². The number of aliphatic hydroxyl groups excluding tert-OH is 1. The molecule has 1 fully saturated rings. The van der Waals surface area contributed by atoms with Gasteiger partial charge in [-0.2, -0.15) is 0 Å². The Bertz CT molecular complexity index is 211. The van der Waals surface area contributed by atoms with E-state index in [1.54, 1.807) is 0 Å². The number of hydrogen-bond donors (Lipinski definition) is 3. The van der Waals surface area contributed by atoms with E-state index in [1.807, 2.05) is 0 Å². The molecule has 94 valence electrons. The van der Waals surface area contributed by atoms with Crippen molar-refractivity contribution in [3.8, 4) is 0 Å². The number of unbranched alkanes of at least 4 members (excludes halogenated alkanes) is 2. The van der Waals surface area contributed by atoms with Crippen molar-refractivity contribution < 1.29 is 9.90 Å². The summed E-state index contributed by atoms with van der Waals surface area (Å²) in [6.07, 6.45) is 4.73. The van der Waals surface area contributed by atoms with Gasteiger partial charge in [-0.05, 0) is 38.3 Å². The van der Waals surface area contributed by atoms with Crippen LogP contribution in [0.15, 0.2) is 0 Å². The fourth-order valence-electron chi connectivity index (χ4n) is 2.13. The van der Waals surface area contributed by atoms with Gasteiger partial charge in [-0.15, -0.1) is 0 Å². The summed E-state index contributed by atoms with van der Waals surface area (Å²) in [7, 11) is 0. The fraction of sp³-hybridized carbons (Fsp3) is 0.909. The summed E-state index contributed by atoms with van der Waals surface area (Å²) < 4.78 is 0. The maximum atomic E-state index is 10.8. The van der Waals surface area contributed by atoms with E-state index in [4.69, 9.17) is 10.9 Å². The SMILES string of the molecule is NNC(=O)CCCCCN1CCC(CO)C1. The van der Waals surface area contributed by atoms with E-state index in [2.05, 4.69) is 10.3 Å². The summed E-state index contributed by atoms with van der Waals surface area (Å²) in [4.78, 5) is 13.2. The van der Waals surface area contributed by atoms with Crippen LogP contribution in [0.3, 0.4) is 0 Å². The van der Waals surface area contributed by atoms with Crippen molar-refractivity contribution in [3.63, 3.8) is 0 Å². The standard InChI is InChI=1S/C11H23N3O2/c12-13-11(16)4-2-1-3-6-14-7-5-10(8-14)9-15/h10,15H,1-9,12H2,(H,13,16). The molecule has 1 heterocycles. The molecule has 1 rings (SSSR count). The van der Waals surface area contributed by atoms with Gasteiger partial charge in [-0.25, -0.2) is 5.84 Å². The van der Waals surface area contributed by atoms with Gasteiger partial charge in [0.1, 0.15) is 0 Å². The highest BCUT2D eigenvalue weighted by molar-refractivity contribution is 5.74. The highest BCUT2D eigenvalue weighted by Crippen LogP contribution is 2.15. The molecule has 0 aromatic rings. The minimum atomic E-state index is -0.0819. The van der Waals surface area contributed by atoms with E-state index in [-0.39, 0.29) is 5.91 Å². The van der Waals surface area contributed by atoms with Crippen molar-refractivity contribution in [2.75, 3.05) is 26.2 Å². The molecule has 1 saturated heterocycles. The largest absolute Gasteiger partial charge is 0.396 e. The van der Waals surface area contributed by atoms with Crippen molar-refractivity contribution in [2.45, 2.75) is 32.1 Å². The topological polar surface area (TPSA) is 78.6 Å². The molecule has 0 aliphatic carbocycles. The second kappa shape index (κ2) is 7.60. The van der Waals surface area contributed by atoms with Gasteiger partial charge < -0.3 is 10.0 Å². The lowest BCUT2D eigenvalue weighted by molar-refractivity contribution is -0.121. The number of aliphatic hydroxyl groups is 1. The lowest BCUT2D eigenvalue weighted by Crippen LogP contribution is -2.29. The van der Waals surface area contributed by atoms with Gasteiger partial charge in [0.2, 0.25) is 5.91 Å². The number of amides is 1. The molecule has 1 amide bonds. The number of nitrogens with zero attached hydrogens (tertiary/aromatic N) is 1. The molecular weight excluding hydrogens is 206 g/mol. The summed E-state index contributed by atoms with van der Waals surface area (Å²) in [5, 5.41) is 9.00. The first-order chi connectivity index (χ1) is 7.76. The average molecular weight is 229 g/mol. The Kier molecular flexibility index (Phi) is 6.37. The van der Waals surface area contributed by atoms with Crippen LogP contribution in [0.2, 0.25) is 0 Å². The number of carbonyl (C=O) groups excluding carboxylic acids is 1. The molecular formula is C11H23N3O2. The molecule has 0 bridgehead atoms. The van der Waals surface area contributed by atoms with E-state index in [0.29, 0.717) is 18.9 Å². The number of likely N-dealkylation sites (tertiary alicyclic amines) is 1. The van der Waals surface area contributed by atoms with E-state index >= 15 is 0 Å². The molecule has 1 aliphatic rings. The molecule has 16 heavy (non-hydrogen) atoms. The van der Waals surface area contributed by atoms with E-state index in [9.17, 15) is 4.79 Å². The molecule has 1 atom stereocenters. The van der Waals surface area contributed by atoms with Crippen LogP contribution in [0, 0.1) is 5.92 Å². The van der Waals surface area contributed by atoms with Crippen LogP contribution in [0.4, 0.5) is 0 Å². The summed E-state index contributed by atoms with van der Waals surface area (Å²) >= 11 is 0. The Balaban J connectivity index is 1.94. The second-order valence-corrected chi connectivity index (χ2v) is 4.52. The van der Waals surface area contributed by atoms with Crippen LogP contribution >= 0.6 is 0 Å². The first-order valence-electron chi connectivity index (χ1n) is 6.09. The number of nitrogens with two attached hydrogens (primary N) is 1. The Morgan fingerprint density at radius 2 is 2.25 bits per heavy atom. The first-order valence-corrected chi connectivity index (χ1v) is 6.09. The molecule has 0 radical (unpaired) electrons. The number of rotatable bonds is 7. The van der Waals surface area contributed by atoms with Crippen LogP contribution in [-0.2, 0) is 4.79 Å². The highest BCUT2D eigenvalue weighted by Gasteiger charge is 2.20. The zero-order chi connectivity index (χ0) is 11.8. The van der Waals surface area contributed by atoms with Gasteiger partial charge >= 0.3 is 0 Å². The van der Waals surface area contributed by atoms with Crippen molar-refractivity contribution in [2.24, 2.45) is 11.8 Å². The molecule has 4 N–H and O–H groups in total. The maximum absolute atomic E-state index is 10.8. The van der Waals surface area contributed by atoms with Crippen LogP contribution in [0.25, 0.3) is 0 Å². The maximum Gasteiger partial charge on any atom is 0.233 e. The van der Waals surface area contributed by atoms with Gasteiger partial charge in [0.05, 0.1) is 0 Å². The molecule has 5 nitrogen and oxygen atoms in total. The number of hydrazine groups is 1. The Morgan fingerprint density at radius 3 is 2.88 bits per heavy atom. The molecule has 0 aromatic heterocycles. The molecule has 0 spiro atoms. The first kappa shape index (κ1) is 13.4. The predicted molar refractivity (Wildman–Crippen MR) is 62.4 cm³/mol. The smallest absolute Gasteiger partial charge is 0.233 e. The van der Waals surface area contributed by atoms with Crippen LogP contribution in [0.5, 0.6) is 0 Å². The summed E-state index contributed by atoms with van der Waals surface area (Å²) in [6, 6.07) is 0. The van der Waals surface area contributed by atoms with Crippen molar-refractivity contribution in [1.82, 2.24) is 10.3 Å². The van der Waals surface area contributed by atoms with Gasteiger partial charge in [0.25, 0.3) is 0 Å². The van der Waals surface area contributed by atoms with Crippen molar-refractivity contribution in [3.05, 3.63) is 0 Å². The van der Waals surface area contributed by atoms with Gasteiger partial charge in [-0.1, -0.05) is 6.42 Å². The second-order valence-electron chi connectivity index (χ2n) is 4.52. The van der Waals surface area contributed by atoms with E-state index in [0.717, 1.165) is 45.3 Å². The quantitative estimate of drug-likeness (QED) is 0.245. The normalized spacial score (nSPS) is 21.2. The highest BCUT2D eigenvalue weighted by atomic mass is 16.3. The summed E-state index contributed by atoms with van der Waals surface area (Å²) in [5.74, 6) is 5.38. The summed E-state index contributed by atoms with van der Waals surface area (Å²) in [6.45, 7) is 3.53. The third-order valence-electron chi connectivity index (χ3n) is 3.17. The van der Waals surface area contributed by atoms with Crippen molar-refractivity contribution in [1.29, 1.82) is 0 Å². The Hall–Kier alpha value is -0.650. The van der Waals surface area contributed by atoms with Crippen molar-refractivity contribution >= 4 is 5.91 Å². The third-order valence-corrected chi connectivity index (χ3v) is 3.17. The van der Waals surface area contributed by atoms with E-state index in [1.165, 1.54) is 0 Å². The number of hydrogen-bond acceptors (Lipinski definition) is 4. The zero-order valence-corrected chi connectivity index (χ0v) is 9.82. The van der Waals surface area contributed by atoms with E-state index < -0.39 is 0 Å². The fourth-order valence-corrected chi connectivity index (χ4v) is 2.13. The van der Waals surface area contributed by atoms with Crippen LogP contribution in [0.1, 0.15) is 32.1 Å². The minimum absolute atomic E-state index is 0.0819. The minimum Gasteiger partial charge on any atom is -0.396 e. The lowest BCUT2D eigenvalue weighted by atomic mass is 10.1. The van der Waals surface area contributed by atoms with Crippen LogP contribution in [-0.4, -0.2) is 42.2 Å². The summed E-state index contributed by atoms with van der Waals surface area (Å²) in [5.41, 5.74) is 2.13.